The van der Waals surface area contributed by atoms with Crippen LogP contribution in [0.1, 0.15) is 5.56 Å². The molecule has 0 heterocycles. The smallest absolute Gasteiger partial charge is 0.270 e. The molecule has 0 saturated carbocycles. The van der Waals surface area contributed by atoms with E-state index in [9.17, 15) is 23.6 Å². The molecule has 0 amide bonds. The standard InChI is InChI=1S/C21H20N4O7S/c1-31-18-8-4-3-7-16(18)24-33(29,30)20-12-15(25(27)28)10-11-17(20)23-22-13-14-6-5-9-19(32-2)21(14)26/h3-13,23-24,26H,1-2H3. The number of rotatable bonds is 9. The number of phenols is 1. The summed E-state index contributed by atoms with van der Waals surface area (Å²) in [6.45, 7) is 0. The number of hydrazone groups is 1. The van der Waals surface area contributed by atoms with Gasteiger partial charge in [-0.1, -0.05) is 18.2 Å². The molecule has 0 bridgehead atoms. The maximum absolute atomic E-state index is 13.1. The minimum atomic E-state index is -4.29. The number of ether oxygens (including phenoxy) is 2. The average molecular weight is 472 g/mol. The van der Waals surface area contributed by atoms with Crippen LogP contribution in [0.5, 0.6) is 17.2 Å². The molecule has 0 aliphatic heterocycles. The SMILES string of the molecule is COc1ccccc1NS(=O)(=O)c1cc([N+](=O)[O-])ccc1NN=Cc1cccc(OC)c1O. The summed E-state index contributed by atoms with van der Waals surface area (Å²) in [5.74, 6) is 0.353. The molecule has 3 rings (SSSR count). The van der Waals surface area contributed by atoms with E-state index >= 15 is 0 Å². The number of para-hydroxylation sites is 3. The van der Waals surface area contributed by atoms with E-state index in [4.69, 9.17) is 9.47 Å². The van der Waals surface area contributed by atoms with Gasteiger partial charge in [0.2, 0.25) is 0 Å². The Balaban J connectivity index is 1.97. The van der Waals surface area contributed by atoms with Crippen LogP contribution in [0.15, 0.2) is 70.7 Å². The van der Waals surface area contributed by atoms with Crippen molar-refractivity contribution >= 4 is 33.3 Å². The predicted molar refractivity (Wildman–Crippen MR) is 123 cm³/mol. The summed E-state index contributed by atoms with van der Waals surface area (Å²) in [5, 5.41) is 25.3. The lowest BCUT2D eigenvalue weighted by atomic mass is 10.2. The number of hydrogen-bond acceptors (Lipinski definition) is 9. The van der Waals surface area contributed by atoms with E-state index in [0.29, 0.717) is 5.56 Å². The molecule has 0 aliphatic rings. The summed E-state index contributed by atoms with van der Waals surface area (Å²) in [4.78, 5) is 10.1. The number of nitro groups is 1. The Morgan fingerprint density at radius 3 is 2.39 bits per heavy atom. The minimum Gasteiger partial charge on any atom is -0.504 e. The van der Waals surface area contributed by atoms with Crippen molar-refractivity contribution in [1.29, 1.82) is 0 Å². The van der Waals surface area contributed by atoms with E-state index in [1.807, 2.05) is 0 Å². The van der Waals surface area contributed by atoms with Crippen molar-refractivity contribution in [2.75, 3.05) is 24.4 Å². The molecule has 12 heteroatoms. The van der Waals surface area contributed by atoms with E-state index in [0.717, 1.165) is 12.1 Å². The number of hydrogen-bond donors (Lipinski definition) is 3. The van der Waals surface area contributed by atoms with Gasteiger partial charge in [-0.3, -0.25) is 20.3 Å². The van der Waals surface area contributed by atoms with Gasteiger partial charge in [-0.05, 0) is 30.3 Å². The lowest BCUT2D eigenvalue weighted by molar-refractivity contribution is -0.385. The molecule has 0 fully saturated rings. The second kappa shape index (κ2) is 9.87. The van der Waals surface area contributed by atoms with Crippen molar-refractivity contribution in [1.82, 2.24) is 0 Å². The number of benzene rings is 3. The van der Waals surface area contributed by atoms with Crippen LogP contribution in [0, 0.1) is 10.1 Å². The molecule has 3 aromatic carbocycles. The van der Waals surface area contributed by atoms with Gasteiger partial charge >= 0.3 is 0 Å². The number of aromatic hydroxyl groups is 1. The molecule has 3 N–H and O–H groups in total. The summed E-state index contributed by atoms with van der Waals surface area (Å²) in [7, 11) is -1.50. The van der Waals surface area contributed by atoms with E-state index < -0.39 is 25.5 Å². The molecule has 0 saturated heterocycles. The van der Waals surface area contributed by atoms with Gasteiger partial charge in [0.15, 0.2) is 11.5 Å². The van der Waals surface area contributed by atoms with Gasteiger partial charge in [0.05, 0.1) is 36.7 Å². The first-order chi connectivity index (χ1) is 15.8. The summed E-state index contributed by atoms with van der Waals surface area (Å²) >= 11 is 0. The number of nitrogens with one attached hydrogen (secondary N) is 2. The van der Waals surface area contributed by atoms with Crippen molar-refractivity contribution in [3.8, 4) is 17.2 Å². The number of methoxy groups -OCH3 is 2. The average Bonchev–Trinajstić information content (AvgIpc) is 2.80. The molecule has 0 aliphatic carbocycles. The molecule has 172 valence electrons. The van der Waals surface area contributed by atoms with Crippen LogP contribution >= 0.6 is 0 Å². The van der Waals surface area contributed by atoms with Crippen molar-refractivity contribution < 1.29 is 27.9 Å². The lowest BCUT2D eigenvalue weighted by Gasteiger charge is -2.14. The van der Waals surface area contributed by atoms with Crippen molar-refractivity contribution in [2.45, 2.75) is 4.90 Å². The minimum absolute atomic E-state index is 0.0263. The molecule has 0 atom stereocenters. The third kappa shape index (κ3) is 5.30. The highest BCUT2D eigenvalue weighted by Crippen LogP contribution is 2.32. The Morgan fingerprint density at radius 1 is 1.00 bits per heavy atom. The zero-order valence-corrected chi connectivity index (χ0v) is 18.4. The number of nitrogens with zero attached hydrogens (tertiary/aromatic N) is 2. The first-order valence-corrected chi connectivity index (χ1v) is 10.8. The summed E-state index contributed by atoms with van der Waals surface area (Å²) in [6.07, 6.45) is 1.25. The lowest BCUT2D eigenvalue weighted by Crippen LogP contribution is -2.15. The van der Waals surface area contributed by atoms with Crippen molar-refractivity contribution in [3.05, 3.63) is 76.3 Å². The van der Waals surface area contributed by atoms with Gasteiger partial charge < -0.3 is 14.6 Å². The van der Waals surface area contributed by atoms with Crippen molar-refractivity contribution in [2.24, 2.45) is 5.10 Å². The molecule has 0 radical (unpaired) electrons. The molecule has 11 nitrogen and oxygen atoms in total. The first-order valence-electron chi connectivity index (χ1n) is 9.36. The molecule has 33 heavy (non-hydrogen) atoms. The van der Waals surface area contributed by atoms with Gasteiger partial charge in [-0.15, -0.1) is 0 Å². The zero-order valence-electron chi connectivity index (χ0n) is 17.6. The fourth-order valence-electron chi connectivity index (χ4n) is 2.85. The summed E-state index contributed by atoms with van der Waals surface area (Å²) < 4.78 is 38.8. The van der Waals surface area contributed by atoms with Crippen molar-refractivity contribution in [3.63, 3.8) is 0 Å². The van der Waals surface area contributed by atoms with E-state index in [1.165, 1.54) is 32.6 Å². The Morgan fingerprint density at radius 2 is 1.70 bits per heavy atom. The maximum Gasteiger partial charge on any atom is 0.270 e. The van der Waals surface area contributed by atoms with Crippen LogP contribution in [0.25, 0.3) is 0 Å². The summed E-state index contributed by atoms with van der Waals surface area (Å²) in [6, 6.07) is 14.4. The topological polar surface area (TPSA) is 152 Å². The van der Waals surface area contributed by atoms with Gasteiger partial charge in [0.25, 0.3) is 15.7 Å². The maximum atomic E-state index is 13.1. The molecule has 0 unspecified atom stereocenters. The quantitative estimate of drug-likeness (QED) is 0.243. The number of nitro benzene ring substituents is 1. The number of sulfonamides is 1. The zero-order chi connectivity index (χ0) is 24.0. The predicted octanol–water partition coefficient (Wildman–Crippen LogP) is 3.56. The largest absolute Gasteiger partial charge is 0.504 e. The number of anilines is 2. The monoisotopic (exact) mass is 472 g/mol. The second-order valence-electron chi connectivity index (χ2n) is 6.51. The van der Waals surface area contributed by atoms with Gasteiger partial charge in [-0.25, -0.2) is 8.42 Å². The molecule has 0 spiro atoms. The van der Waals surface area contributed by atoms with E-state index in [1.54, 1.807) is 36.4 Å². The highest BCUT2D eigenvalue weighted by Gasteiger charge is 2.23. The van der Waals surface area contributed by atoms with Gasteiger partial charge in [0.1, 0.15) is 10.6 Å². The highest BCUT2D eigenvalue weighted by atomic mass is 32.2. The van der Waals surface area contributed by atoms with Crippen LogP contribution in [0.3, 0.4) is 0 Å². The third-order valence-corrected chi connectivity index (χ3v) is 5.86. The fraction of sp³-hybridized carbons (Fsp3) is 0.0952. The fourth-order valence-corrected chi connectivity index (χ4v) is 4.09. The van der Waals surface area contributed by atoms with E-state index in [2.05, 4.69) is 15.2 Å². The molecule has 3 aromatic rings. The van der Waals surface area contributed by atoms with Gasteiger partial charge in [-0.2, -0.15) is 5.10 Å². The highest BCUT2D eigenvalue weighted by molar-refractivity contribution is 7.93. The van der Waals surface area contributed by atoms with Crippen LogP contribution < -0.4 is 19.6 Å². The second-order valence-corrected chi connectivity index (χ2v) is 8.16. The van der Waals surface area contributed by atoms with Crippen LogP contribution in [-0.2, 0) is 10.0 Å². The Bertz CT molecular complexity index is 1310. The summed E-state index contributed by atoms with van der Waals surface area (Å²) in [5.41, 5.74) is 2.57. The number of non-ortho nitro benzene ring substituents is 1. The number of phenolic OH excluding ortho intramolecular Hbond substituents is 1. The van der Waals surface area contributed by atoms with E-state index in [-0.39, 0.29) is 28.6 Å². The Labute approximate surface area is 189 Å². The van der Waals surface area contributed by atoms with Crippen LogP contribution in [-0.4, -0.2) is 38.9 Å². The molecular formula is C21H20N4O7S. The molecular weight excluding hydrogens is 452 g/mol. The third-order valence-electron chi connectivity index (χ3n) is 4.46. The Hall–Kier alpha value is -4.32. The van der Waals surface area contributed by atoms with Crippen LogP contribution in [0.2, 0.25) is 0 Å². The Kier molecular flexibility index (Phi) is 6.98. The first kappa shape index (κ1) is 23.3. The normalized spacial score (nSPS) is 11.2. The molecule has 0 aromatic heterocycles. The van der Waals surface area contributed by atoms with Gasteiger partial charge in [0, 0.05) is 17.7 Å². The van der Waals surface area contributed by atoms with Crippen LogP contribution in [0.4, 0.5) is 17.1 Å².